The maximum absolute atomic E-state index is 4.74. The van der Waals surface area contributed by atoms with Gasteiger partial charge in [0.05, 0.1) is 5.52 Å². The molecule has 0 atom stereocenters. The van der Waals surface area contributed by atoms with E-state index in [1.165, 1.54) is 11.3 Å². The van der Waals surface area contributed by atoms with Crippen molar-refractivity contribution in [1.29, 1.82) is 0 Å². The predicted molar refractivity (Wildman–Crippen MR) is 71.8 cm³/mol. The molecular formula is C14H16N4. The Bertz CT molecular complexity index is 727. The highest BCUT2D eigenvalue weighted by atomic mass is 15.2. The summed E-state index contributed by atoms with van der Waals surface area (Å²) in [5.41, 5.74) is 4.39. The van der Waals surface area contributed by atoms with Crippen LogP contribution in [-0.2, 0) is 12.8 Å². The van der Waals surface area contributed by atoms with Gasteiger partial charge in [-0.05, 0) is 37.5 Å². The van der Waals surface area contributed by atoms with Crippen molar-refractivity contribution in [2.24, 2.45) is 0 Å². The van der Waals surface area contributed by atoms with Crippen molar-refractivity contribution in [3.63, 3.8) is 0 Å². The summed E-state index contributed by atoms with van der Waals surface area (Å²) in [5.74, 6) is 0.907. The first-order valence-electron chi connectivity index (χ1n) is 6.37. The maximum Gasteiger partial charge on any atom is 0.170 e. The number of hydrogen-bond donors (Lipinski definition) is 0. The van der Waals surface area contributed by atoms with Gasteiger partial charge in [-0.2, -0.15) is 0 Å². The van der Waals surface area contributed by atoms with Crippen LogP contribution >= 0.6 is 0 Å². The van der Waals surface area contributed by atoms with E-state index in [0.717, 1.165) is 35.2 Å². The van der Waals surface area contributed by atoms with Gasteiger partial charge in [0.15, 0.2) is 5.65 Å². The number of aromatic nitrogens is 4. The third-order valence-corrected chi connectivity index (χ3v) is 3.43. The molecule has 92 valence electrons. The van der Waals surface area contributed by atoms with Crippen molar-refractivity contribution in [1.82, 2.24) is 19.6 Å². The molecule has 4 nitrogen and oxygen atoms in total. The fourth-order valence-corrected chi connectivity index (χ4v) is 2.40. The van der Waals surface area contributed by atoms with Crippen LogP contribution in [0.4, 0.5) is 0 Å². The Morgan fingerprint density at radius 3 is 2.72 bits per heavy atom. The summed E-state index contributed by atoms with van der Waals surface area (Å²) < 4.78 is 2.01. The van der Waals surface area contributed by atoms with Crippen LogP contribution in [0, 0.1) is 6.92 Å². The Balaban J connectivity index is 2.43. The topological polar surface area (TPSA) is 43.1 Å². The molecule has 0 aliphatic rings. The molecule has 0 saturated carbocycles. The summed E-state index contributed by atoms with van der Waals surface area (Å²) in [7, 11) is 0. The molecule has 0 fully saturated rings. The molecule has 0 saturated heterocycles. The average molecular weight is 240 g/mol. The van der Waals surface area contributed by atoms with Crippen molar-refractivity contribution in [2.75, 3.05) is 0 Å². The zero-order valence-electron chi connectivity index (χ0n) is 10.9. The zero-order chi connectivity index (χ0) is 12.7. The second-order valence-electron chi connectivity index (χ2n) is 4.49. The molecule has 0 radical (unpaired) electrons. The SMILES string of the molecule is CCc1cc2c(ccn3c(C)nnc23)nc1CC. The van der Waals surface area contributed by atoms with Crippen LogP contribution in [0.3, 0.4) is 0 Å². The van der Waals surface area contributed by atoms with Gasteiger partial charge >= 0.3 is 0 Å². The molecule has 3 aromatic heterocycles. The normalized spacial score (nSPS) is 11.5. The minimum atomic E-state index is 0.898. The fraction of sp³-hybridized carbons (Fsp3) is 0.357. The Morgan fingerprint density at radius 1 is 1.17 bits per heavy atom. The Hall–Kier alpha value is -1.97. The van der Waals surface area contributed by atoms with E-state index >= 15 is 0 Å². The van der Waals surface area contributed by atoms with Crippen molar-refractivity contribution >= 4 is 16.6 Å². The van der Waals surface area contributed by atoms with Gasteiger partial charge < -0.3 is 0 Å². The van der Waals surface area contributed by atoms with Crippen LogP contribution in [-0.4, -0.2) is 19.6 Å². The van der Waals surface area contributed by atoms with Gasteiger partial charge in [-0.3, -0.25) is 9.38 Å². The first-order valence-corrected chi connectivity index (χ1v) is 6.37. The highest BCUT2D eigenvalue weighted by Crippen LogP contribution is 2.21. The largest absolute Gasteiger partial charge is 0.286 e. The van der Waals surface area contributed by atoms with Crippen LogP contribution in [0.1, 0.15) is 30.9 Å². The van der Waals surface area contributed by atoms with E-state index in [1.54, 1.807) is 0 Å². The lowest BCUT2D eigenvalue weighted by Gasteiger charge is -2.08. The van der Waals surface area contributed by atoms with Crippen molar-refractivity contribution in [3.05, 3.63) is 35.4 Å². The molecule has 3 rings (SSSR count). The quantitative estimate of drug-likeness (QED) is 0.691. The molecule has 0 aliphatic carbocycles. The van der Waals surface area contributed by atoms with Gasteiger partial charge in [0.2, 0.25) is 0 Å². The molecule has 3 heterocycles. The first kappa shape index (κ1) is 11.1. The highest BCUT2D eigenvalue weighted by Gasteiger charge is 2.09. The van der Waals surface area contributed by atoms with Gasteiger partial charge in [0.1, 0.15) is 5.82 Å². The molecule has 0 aliphatic heterocycles. The van der Waals surface area contributed by atoms with E-state index < -0.39 is 0 Å². The highest BCUT2D eigenvalue weighted by molar-refractivity contribution is 5.91. The third kappa shape index (κ3) is 1.49. The summed E-state index contributed by atoms with van der Waals surface area (Å²) in [6.45, 7) is 6.27. The number of nitrogens with zero attached hydrogens (tertiary/aromatic N) is 4. The second kappa shape index (κ2) is 4.05. The van der Waals surface area contributed by atoms with E-state index in [2.05, 4.69) is 30.1 Å². The summed E-state index contributed by atoms with van der Waals surface area (Å²) >= 11 is 0. The Kier molecular flexibility index (Phi) is 2.51. The monoisotopic (exact) mass is 240 g/mol. The van der Waals surface area contributed by atoms with E-state index in [-0.39, 0.29) is 0 Å². The van der Waals surface area contributed by atoms with Gasteiger partial charge in [-0.15, -0.1) is 10.2 Å². The molecular weight excluding hydrogens is 224 g/mol. The zero-order valence-corrected chi connectivity index (χ0v) is 10.9. The molecule has 4 heteroatoms. The fourth-order valence-electron chi connectivity index (χ4n) is 2.40. The molecule has 0 aromatic carbocycles. The summed E-state index contributed by atoms with van der Waals surface area (Å²) in [6, 6.07) is 4.25. The van der Waals surface area contributed by atoms with Gasteiger partial charge in [-0.1, -0.05) is 13.8 Å². The van der Waals surface area contributed by atoms with Crippen LogP contribution in [0.2, 0.25) is 0 Å². The molecule has 0 spiro atoms. The molecule has 0 amide bonds. The van der Waals surface area contributed by atoms with Crippen molar-refractivity contribution < 1.29 is 0 Å². The van der Waals surface area contributed by atoms with Crippen LogP contribution in [0.15, 0.2) is 18.3 Å². The molecule has 18 heavy (non-hydrogen) atoms. The molecule has 0 N–H and O–H groups in total. The first-order chi connectivity index (χ1) is 8.74. The summed E-state index contributed by atoms with van der Waals surface area (Å²) in [6.07, 6.45) is 3.96. The van der Waals surface area contributed by atoms with Crippen LogP contribution < -0.4 is 0 Å². The van der Waals surface area contributed by atoms with Crippen molar-refractivity contribution in [3.8, 4) is 0 Å². The maximum atomic E-state index is 4.74. The van der Waals surface area contributed by atoms with Crippen LogP contribution in [0.5, 0.6) is 0 Å². The average Bonchev–Trinajstić information content (AvgIpc) is 2.79. The molecule has 0 unspecified atom stereocenters. The van der Waals surface area contributed by atoms with E-state index in [4.69, 9.17) is 4.98 Å². The summed E-state index contributed by atoms with van der Waals surface area (Å²) in [5, 5.41) is 9.47. The lowest BCUT2D eigenvalue weighted by Crippen LogP contribution is -1.98. The number of hydrogen-bond acceptors (Lipinski definition) is 3. The molecule has 3 aromatic rings. The minimum absolute atomic E-state index is 0.898. The standard InChI is InChI=1S/C14H16N4/c1-4-10-8-11-13(15-12(10)5-2)6-7-18-9(3)16-17-14(11)18/h6-8H,4-5H2,1-3H3. The smallest absolute Gasteiger partial charge is 0.170 e. The summed E-state index contributed by atoms with van der Waals surface area (Å²) in [4.78, 5) is 4.74. The van der Waals surface area contributed by atoms with Gasteiger partial charge in [0, 0.05) is 17.3 Å². The number of fused-ring (bicyclic) bond motifs is 3. The van der Waals surface area contributed by atoms with Crippen LogP contribution in [0.25, 0.3) is 16.6 Å². The van der Waals surface area contributed by atoms with Gasteiger partial charge in [0.25, 0.3) is 0 Å². The minimum Gasteiger partial charge on any atom is -0.286 e. The second-order valence-corrected chi connectivity index (χ2v) is 4.49. The van der Waals surface area contributed by atoms with E-state index in [0.29, 0.717) is 0 Å². The van der Waals surface area contributed by atoms with E-state index in [1.807, 2.05) is 23.6 Å². The third-order valence-electron chi connectivity index (χ3n) is 3.43. The predicted octanol–water partition coefficient (Wildman–Crippen LogP) is 2.71. The lowest BCUT2D eigenvalue weighted by molar-refractivity contribution is 0.979. The number of aryl methyl sites for hydroxylation is 3. The van der Waals surface area contributed by atoms with Gasteiger partial charge in [-0.25, -0.2) is 0 Å². The number of rotatable bonds is 2. The molecule has 0 bridgehead atoms. The Labute approximate surface area is 106 Å². The van der Waals surface area contributed by atoms with E-state index in [9.17, 15) is 0 Å². The van der Waals surface area contributed by atoms with Crippen molar-refractivity contribution in [2.45, 2.75) is 33.6 Å². The Morgan fingerprint density at radius 2 is 2.00 bits per heavy atom. The number of pyridine rings is 2. The lowest BCUT2D eigenvalue weighted by atomic mass is 10.1.